The molecular formula is C16H13N3O2S2. The minimum Gasteiger partial charge on any atom is -0.493 e. The first-order valence-corrected chi connectivity index (χ1v) is 8.84. The summed E-state index contributed by atoms with van der Waals surface area (Å²) in [5.41, 5.74) is 2.62. The van der Waals surface area contributed by atoms with Gasteiger partial charge in [0.15, 0.2) is 5.13 Å². The van der Waals surface area contributed by atoms with Crippen molar-refractivity contribution in [2.75, 3.05) is 11.9 Å². The fraction of sp³-hybridized carbons (Fsp3) is 0.188. The van der Waals surface area contributed by atoms with Gasteiger partial charge in [-0.3, -0.25) is 10.1 Å². The summed E-state index contributed by atoms with van der Waals surface area (Å²) < 4.78 is 5.51. The molecule has 7 heteroatoms. The zero-order valence-electron chi connectivity index (χ0n) is 12.3. The van der Waals surface area contributed by atoms with Crippen molar-refractivity contribution in [3.63, 3.8) is 0 Å². The van der Waals surface area contributed by atoms with Crippen LogP contribution in [0.15, 0.2) is 29.8 Å². The van der Waals surface area contributed by atoms with Crippen molar-refractivity contribution < 1.29 is 9.53 Å². The van der Waals surface area contributed by atoms with Crippen LogP contribution in [0.3, 0.4) is 0 Å². The second-order valence-corrected chi connectivity index (χ2v) is 7.28. The molecule has 116 valence electrons. The van der Waals surface area contributed by atoms with Gasteiger partial charge in [-0.05, 0) is 30.7 Å². The highest BCUT2D eigenvalue weighted by Gasteiger charge is 2.16. The van der Waals surface area contributed by atoms with Crippen LogP contribution >= 0.6 is 22.7 Å². The van der Waals surface area contributed by atoms with E-state index in [-0.39, 0.29) is 5.91 Å². The van der Waals surface area contributed by atoms with E-state index >= 15 is 0 Å². The van der Waals surface area contributed by atoms with E-state index in [1.165, 1.54) is 28.2 Å². The number of aryl methyl sites for hydroxylation is 1. The van der Waals surface area contributed by atoms with Gasteiger partial charge in [0, 0.05) is 28.4 Å². The molecule has 1 aromatic carbocycles. The Hall–Kier alpha value is -2.25. The van der Waals surface area contributed by atoms with Crippen molar-refractivity contribution in [2.24, 2.45) is 0 Å². The number of thiazole rings is 2. The molecule has 0 unspecified atom stereocenters. The van der Waals surface area contributed by atoms with Gasteiger partial charge in [0.25, 0.3) is 5.91 Å². The molecule has 3 aromatic rings. The SMILES string of the molecule is Cc1cnc(NC(=O)c2csc(-c3ccc4c(c3)CCO4)n2)s1. The van der Waals surface area contributed by atoms with Crippen LogP contribution in [-0.2, 0) is 6.42 Å². The Labute approximate surface area is 141 Å². The van der Waals surface area contributed by atoms with Gasteiger partial charge in [-0.25, -0.2) is 9.97 Å². The van der Waals surface area contributed by atoms with Crippen molar-refractivity contribution in [1.29, 1.82) is 0 Å². The fourth-order valence-corrected chi connectivity index (χ4v) is 3.86. The Balaban J connectivity index is 1.55. The molecule has 0 spiro atoms. The summed E-state index contributed by atoms with van der Waals surface area (Å²) in [6.45, 7) is 2.68. The predicted molar refractivity (Wildman–Crippen MR) is 91.6 cm³/mol. The van der Waals surface area contributed by atoms with Gasteiger partial charge in [-0.1, -0.05) is 0 Å². The molecule has 1 aliphatic heterocycles. The van der Waals surface area contributed by atoms with Crippen LogP contribution in [0.25, 0.3) is 10.6 Å². The largest absolute Gasteiger partial charge is 0.493 e. The number of amides is 1. The number of ether oxygens (including phenoxy) is 1. The third kappa shape index (κ3) is 2.85. The highest BCUT2D eigenvalue weighted by atomic mass is 32.1. The molecule has 0 atom stereocenters. The third-order valence-electron chi connectivity index (χ3n) is 3.51. The molecule has 23 heavy (non-hydrogen) atoms. The summed E-state index contributed by atoms with van der Waals surface area (Å²) in [6.07, 6.45) is 2.66. The first kappa shape index (κ1) is 14.3. The highest BCUT2D eigenvalue weighted by Crippen LogP contribution is 2.32. The van der Waals surface area contributed by atoms with Gasteiger partial charge >= 0.3 is 0 Å². The van der Waals surface area contributed by atoms with E-state index in [9.17, 15) is 4.79 Å². The normalized spacial score (nSPS) is 12.7. The van der Waals surface area contributed by atoms with Crippen molar-refractivity contribution >= 4 is 33.7 Å². The van der Waals surface area contributed by atoms with Crippen LogP contribution in [0.4, 0.5) is 5.13 Å². The van der Waals surface area contributed by atoms with Gasteiger partial charge in [0.05, 0.1) is 6.61 Å². The molecule has 0 saturated heterocycles. The summed E-state index contributed by atoms with van der Waals surface area (Å²) in [5.74, 6) is 0.716. The van der Waals surface area contributed by atoms with Gasteiger partial charge in [-0.15, -0.1) is 22.7 Å². The molecule has 3 heterocycles. The van der Waals surface area contributed by atoms with Crippen LogP contribution in [0.2, 0.25) is 0 Å². The van der Waals surface area contributed by atoms with E-state index in [1.807, 2.05) is 19.1 Å². The maximum Gasteiger partial charge on any atom is 0.276 e. The summed E-state index contributed by atoms with van der Waals surface area (Å²) in [4.78, 5) is 21.9. The second-order valence-electron chi connectivity index (χ2n) is 5.19. The monoisotopic (exact) mass is 343 g/mol. The number of nitrogens with zero attached hydrogens (tertiary/aromatic N) is 2. The van der Waals surface area contributed by atoms with E-state index in [4.69, 9.17) is 4.74 Å². The molecule has 0 fully saturated rings. The molecule has 5 nitrogen and oxygen atoms in total. The lowest BCUT2D eigenvalue weighted by atomic mass is 10.1. The van der Waals surface area contributed by atoms with Crippen LogP contribution in [0.1, 0.15) is 20.9 Å². The van der Waals surface area contributed by atoms with Crippen LogP contribution < -0.4 is 10.1 Å². The first-order chi connectivity index (χ1) is 11.2. The number of hydrogen-bond acceptors (Lipinski definition) is 6. The number of carbonyl (C=O) groups excluding carboxylic acids is 1. The molecule has 0 radical (unpaired) electrons. The maximum absolute atomic E-state index is 12.2. The number of nitrogens with one attached hydrogen (secondary N) is 1. The second kappa shape index (κ2) is 5.75. The van der Waals surface area contributed by atoms with E-state index in [0.29, 0.717) is 10.8 Å². The summed E-state index contributed by atoms with van der Waals surface area (Å²) in [7, 11) is 0. The Morgan fingerprint density at radius 2 is 2.30 bits per heavy atom. The van der Waals surface area contributed by atoms with E-state index in [2.05, 4.69) is 21.4 Å². The average molecular weight is 343 g/mol. The van der Waals surface area contributed by atoms with Crippen LogP contribution in [-0.4, -0.2) is 22.5 Å². The average Bonchev–Trinajstić information content (AvgIpc) is 3.26. The van der Waals surface area contributed by atoms with Crippen molar-refractivity contribution in [3.8, 4) is 16.3 Å². The Kier molecular flexibility index (Phi) is 3.59. The molecule has 1 amide bonds. The Morgan fingerprint density at radius 3 is 3.13 bits per heavy atom. The minimum absolute atomic E-state index is 0.230. The van der Waals surface area contributed by atoms with Crippen LogP contribution in [0, 0.1) is 6.92 Å². The lowest BCUT2D eigenvalue weighted by Gasteiger charge is -2.01. The fourth-order valence-electron chi connectivity index (χ4n) is 2.40. The van der Waals surface area contributed by atoms with Crippen LogP contribution in [0.5, 0.6) is 5.75 Å². The smallest absolute Gasteiger partial charge is 0.276 e. The highest BCUT2D eigenvalue weighted by molar-refractivity contribution is 7.15. The van der Waals surface area contributed by atoms with Crippen molar-refractivity contribution in [3.05, 3.63) is 45.9 Å². The van der Waals surface area contributed by atoms with Gasteiger partial charge in [0.2, 0.25) is 0 Å². The number of aromatic nitrogens is 2. The Bertz CT molecular complexity index is 885. The zero-order chi connectivity index (χ0) is 15.8. The lowest BCUT2D eigenvalue weighted by Crippen LogP contribution is -2.11. The Morgan fingerprint density at radius 1 is 1.39 bits per heavy atom. The zero-order valence-corrected chi connectivity index (χ0v) is 14.0. The first-order valence-electron chi connectivity index (χ1n) is 7.14. The van der Waals surface area contributed by atoms with E-state index < -0.39 is 0 Å². The molecule has 1 N–H and O–H groups in total. The van der Waals surface area contributed by atoms with Gasteiger partial charge in [0.1, 0.15) is 16.5 Å². The van der Waals surface area contributed by atoms with Crippen molar-refractivity contribution in [1.82, 2.24) is 9.97 Å². The standard InChI is InChI=1S/C16H13N3O2S2/c1-9-7-17-16(23-9)19-14(20)12-8-22-15(18-12)11-2-3-13-10(6-11)4-5-21-13/h2-3,6-8H,4-5H2,1H3,(H,17,19,20). The molecule has 1 aliphatic rings. The lowest BCUT2D eigenvalue weighted by molar-refractivity contribution is 0.102. The molecule has 0 aliphatic carbocycles. The summed E-state index contributed by atoms with van der Waals surface area (Å²) in [5, 5.41) is 5.98. The van der Waals surface area contributed by atoms with E-state index in [1.54, 1.807) is 11.6 Å². The maximum atomic E-state index is 12.2. The van der Waals surface area contributed by atoms with Gasteiger partial charge in [-0.2, -0.15) is 0 Å². The molecule has 0 bridgehead atoms. The number of hydrogen-bond donors (Lipinski definition) is 1. The molecule has 4 rings (SSSR count). The topological polar surface area (TPSA) is 64.1 Å². The quantitative estimate of drug-likeness (QED) is 0.786. The summed E-state index contributed by atoms with van der Waals surface area (Å²) in [6, 6.07) is 6.04. The molecule has 0 saturated carbocycles. The number of carbonyl (C=O) groups is 1. The minimum atomic E-state index is -0.230. The number of fused-ring (bicyclic) bond motifs is 1. The summed E-state index contributed by atoms with van der Waals surface area (Å²) >= 11 is 2.91. The molecular weight excluding hydrogens is 330 g/mol. The van der Waals surface area contributed by atoms with Gasteiger partial charge < -0.3 is 4.74 Å². The van der Waals surface area contributed by atoms with E-state index in [0.717, 1.165) is 34.2 Å². The number of rotatable bonds is 3. The number of anilines is 1. The molecule has 2 aromatic heterocycles. The third-order valence-corrected chi connectivity index (χ3v) is 5.23. The van der Waals surface area contributed by atoms with Crippen molar-refractivity contribution in [2.45, 2.75) is 13.3 Å². The predicted octanol–water partition coefficient (Wildman–Crippen LogP) is 3.76. The number of benzene rings is 1.